The Kier molecular flexibility index (Phi) is 26.5. The van der Waals surface area contributed by atoms with E-state index in [9.17, 15) is 65.8 Å². The molecule has 1 fully saturated rings. The van der Waals surface area contributed by atoms with Crippen molar-refractivity contribution < 1.29 is 80.0 Å². The van der Waals surface area contributed by atoms with Crippen molar-refractivity contribution in [1.29, 1.82) is 0 Å². The Morgan fingerprint density at radius 1 is 0.719 bits per heavy atom. The molecule has 0 aliphatic carbocycles. The van der Waals surface area contributed by atoms with Crippen LogP contribution < -0.4 is 0 Å². The number of carboxylic acids is 1. The highest BCUT2D eigenvalue weighted by Crippen LogP contribution is 2.27. The number of aliphatic hydroxyl groups is 10. The number of allylic oxidation sites excluding steroid dienone is 12. The van der Waals surface area contributed by atoms with Gasteiger partial charge < -0.3 is 70.4 Å². The molecule has 2 aliphatic heterocycles. The third-order valence-electron chi connectivity index (χ3n) is 10.7. The molecule has 19 heteroatoms. The number of rotatable bonds is 4. The van der Waals surface area contributed by atoms with Crippen molar-refractivity contribution in [2.45, 2.75) is 164 Å². The molecular formula is C45H69N3O16. The number of carbonyl (C=O) groups is 2. The highest BCUT2D eigenvalue weighted by atomic mass is 16.7. The highest BCUT2D eigenvalue weighted by Gasteiger charge is 2.40. The molecule has 19 nitrogen and oxygen atoms in total. The lowest BCUT2D eigenvalue weighted by Gasteiger charge is -2.37. The first-order valence-corrected chi connectivity index (χ1v) is 21.6. The number of hydrogen-bond acceptors (Lipinski definition) is 16. The maximum Gasteiger partial charge on any atom is 0.308 e. The van der Waals surface area contributed by atoms with Crippen LogP contribution in [0.15, 0.2) is 90.2 Å². The summed E-state index contributed by atoms with van der Waals surface area (Å²) in [4.78, 5) is 27.4. The fourth-order valence-corrected chi connectivity index (χ4v) is 6.98. The molecule has 64 heavy (non-hydrogen) atoms. The van der Waals surface area contributed by atoms with Crippen molar-refractivity contribution in [3.8, 4) is 0 Å². The van der Waals surface area contributed by atoms with E-state index in [-0.39, 0.29) is 57.5 Å². The van der Waals surface area contributed by atoms with Crippen LogP contribution in [0.5, 0.6) is 0 Å². The number of carbonyl (C=O) groups excluding carboxylic acids is 1. The van der Waals surface area contributed by atoms with Gasteiger partial charge in [-0.1, -0.05) is 97.1 Å². The minimum absolute atomic E-state index is 0.0365. The van der Waals surface area contributed by atoms with Gasteiger partial charge in [0.05, 0.1) is 73.8 Å². The second-order valence-corrected chi connectivity index (χ2v) is 16.5. The third kappa shape index (κ3) is 23.2. The second-order valence-electron chi connectivity index (χ2n) is 16.5. The van der Waals surface area contributed by atoms with E-state index in [1.807, 2.05) is 13.0 Å². The molecule has 2 aliphatic rings. The molecule has 0 aromatic rings. The molecule has 360 valence electrons. The maximum absolute atomic E-state index is 12.4. The van der Waals surface area contributed by atoms with Crippen LogP contribution in [0, 0.1) is 11.8 Å². The number of esters is 1. The summed E-state index contributed by atoms with van der Waals surface area (Å²) >= 11 is 0. The standard InChI is InChI=1S/C45H69N3O16/c1-29-15-13-11-9-7-5-3-4-6-8-10-12-14-16-35(64-44-42(57)41(47-48-46)39(55)28-62-44)19-17-31(43(58)59)21-22-45(60,61)27-34(51)25-38(54)36(52)20-18-32(49)24-33(50)26-40(56)63-30(2)23-37(29)53/h3-16,29-39,41-42,44,49-55,57,60-61H,17-28H2,1-2H3,(H,58,59)/b4-3+,7-5+,8-6+,11-9+,12-10+,15-13+,16-14+/t29-,30-,31-,32?,33?,34?,35?,36?,37-,38?,39?,41?,42?,44?/m0/s1. The largest absolute Gasteiger partial charge is 0.481 e. The summed E-state index contributed by atoms with van der Waals surface area (Å²) in [5.74, 6) is -5.95. The first kappa shape index (κ1) is 56.1. The molecule has 0 radical (unpaired) electrons. The lowest BCUT2D eigenvalue weighted by molar-refractivity contribution is -0.252. The summed E-state index contributed by atoms with van der Waals surface area (Å²) < 4.78 is 16.8. The van der Waals surface area contributed by atoms with Gasteiger partial charge >= 0.3 is 11.9 Å². The van der Waals surface area contributed by atoms with E-state index in [4.69, 9.17) is 19.7 Å². The second kappa shape index (κ2) is 30.2. The van der Waals surface area contributed by atoms with Crippen molar-refractivity contribution in [3.05, 3.63) is 95.5 Å². The summed E-state index contributed by atoms with van der Waals surface area (Å²) in [6.45, 7) is 3.12. The predicted molar refractivity (Wildman–Crippen MR) is 233 cm³/mol. The monoisotopic (exact) mass is 907 g/mol. The summed E-state index contributed by atoms with van der Waals surface area (Å²) in [5.41, 5.74) is 8.90. The van der Waals surface area contributed by atoms with E-state index >= 15 is 0 Å². The molecule has 0 aromatic heterocycles. The molecule has 14 atom stereocenters. The van der Waals surface area contributed by atoms with Gasteiger partial charge in [-0.3, -0.25) is 9.59 Å². The van der Waals surface area contributed by atoms with Crippen LogP contribution in [-0.2, 0) is 23.8 Å². The number of aliphatic hydroxyl groups excluding tert-OH is 8. The number of ether oxygens (including phenoxy) is 3. The van der Waals surface area contributed by atoms with Crippen molar-refractivity contribution >= 4 is 11.9 Å². The molecule has 11 N–H and O–H groups in total. The Bertz CT molecular complexity index is 1640. The smallest absolute Gasteiger partial charge is 0.308 e. The van der Waals surface area contributed by atoms with Gasteiger partial charge in [-0.05, 0) is 51.0 Å². The van der Waals surface area contributed by atoms with Gasteiger partial charge in [0.25, 0.3) is 0 Å². The van der Waals surface area contributed by atoms with E-state index in [2.05, 4.69) is 10.0 Å². The van der Waals surface area contributed by atoms with E-state index < -0.39 is 123 Å². The summed E-state index contributed by atoms with van der Waals surface area (Å²) in [5, 5.41) is 119. The Balaban J connectivity index is 2.24. The Labute approximate surface area is 373 Å². The van der Waals surface area contributed by atoms with Crippen molar-refractivity contribution in [1.82, 2.24) is 0 Å². The van der Waals surface area contributed by atoms with Crippen molar-refractivity contribution in [2.75, 3.05) is 6.61 Å². The number of aliphatic carboxylic acids is 1. The van der Waals surface area contributed by atoms with Gasteiger partial charge in [-0.25, -0.2) is 0 Å². The first-order chi connectivity index (χ1) is 30.3. The number of hydrogen-bond donors (Lipinski definition) is 11. The van der Waals surface area contributed by atoms with Gasteiger partial charge in [0.2, 0.25) is 0 Å². The Morgan fingerprint density at radius 2 is 1.31 bits per heavy atom. The van der Waals surface area contributed by atoms with E-state index in [0.29, 0.717) is 0 Å². The summed E-state index contributed by atoms with van der Waals surface area (Å²) in [6, 6.07) is -1.27. The lowest BCUT2D eigenvalue weighted by atomic mass is 9.90. The average Bonchev–Trinajstić information content (AvgIpc) is 3.21. The van der Waals surface area contributed by atoms with Crippen LogP contribution in [0.4, 0.5) is 0 Å². The number of nitrogens with zero attached hydrogens (tertiary/aromatic N) is 3. The maximum atomic E-state index is 12.4. The van der Waals surface area contributed by atoms with Gasteiger partial charge in [0.15, 0.2) is 12.1 Å². The van der Waals surface area contributed by atoms with Crippen molar-refractivity contribution in [2.24, 2.45) is 17.0 Å². The Morgan fingerprint density at radius 3 is 1.91 bits per heavy atom. The average molecular weight is 908 g/mol. The predicted octanol–water partition coefficient (Wildman–Crippen LogP) is 2.44. The van der Waals surface area contributed by atoms with Crippen LogP contribution in [-0.4, -0.2) is 154 Å². The van der Waals surface area contributed by atoms with Crippen LogP contribution >= 0.6 is 0 Å². The third-order valence-corrected chi connectivity index (χ3v) is 10.7. The minimum atomic E-state index is -2.57. The van der Waals surface area contributed by atoms with Crippen LogP contribution in [0.2, 0.25) is 0 Å². The molecule has 10 unspecified atom stereocenters. The zero-order valence-corrected chi connectivity index (χ0v) is 36.5. The minimum Gasteiger partial charge on any atom is -0.481 e. The van der Waals surface area contributed by atoms with E-state index in [1.54, 1.807) is 85.9 Å². The van der Waals surface area contributed by atoms with E-state index in [1.165, 1.54) is 0 Å². The zero-order valence-electron chi connectivity index (χ0n) is 36.5. The Hall–Kier alpha value is -4.05. The highest BCUT2D eigenvalue weighted by molar-refractivity contribution is 5.70. The van der Waals surface area contributed by atoms with Gasteiger partial charge in [0, 0.05) is 36.5 Å². The molecule has 2 rings (SSSR count). The molecule has 0 bridgehead atoms. The van der Waals surface area contributed by atoms with Crippen molar-refractivity contribution in [3.63, 3.8) is 0 Å². The SMILES string of the molecule is C[C@H]1C[C@H](O)[C@@H](C)/C=C/C=C/C=C/C=C/C=C/C=C/C=C/C(OC2OCC(O)C(N=[N+]=[N-])C2O)CC[C@H](C(=O)O)CCC(O)(O)CC(O)CC(O)C(O)CCC(O)CC(O)CC(=O)O1. The summed E-state index contributed by atoms with van der Waals surface area (Å²) in [6.07, 6.45) is 8.20. The number of carboxylic acid groups (broad SMARTS) is 1. The molecule has 0 aromatic carbocycles. The molecular weight excluding hydrogens is 838 g/mol. The fourth-order valence-electron chi connectivity index (χ4n) is 6.98. The van der Waals surface area contributed by atoms with Crippen LogP contribution in [0.25, 0.3) is 10.4 Å². The summed E-state index contributed by atoms with van der Waals surface area (Å²) in [7, 11) is 0. The van der Waals surface area contributed by atoms with Gasteiger partial charge in [-0.15, -0.1) is 0 Å². The molecule has 0 spiro atoms. The first-order valence-electron chi connectivity index (χ1n) is 21.6. The van der Waals surface area contributed by atoms with E-state index in [0.717, 1.165) is 0 Å². The quantitative estimate of drug-likeness (QED) is 0.0634. The van der Waals surface area contributed by atoms with Crippen LogP contribution in [0.1, 0.15) is 84.5 Å². The molecule has 1 saturated heterocycles. The zero-order chi connectivity index (χ0) is 47.7. The normalized spacial score (nSPS) is 39.2. The number of cyclic esters (lactones) is 1. The van der Waals surface area contributed by atoms with Gasteiger partial charge in [0.1, 0.15) is 12.2 Å². The van der Waals surface area contributed by atoms with Gasteiger partial charge in [-0.2, -0.15) is 0 Å². The molecule has 0 saturated carbocycles. The van der Waals surface area contributed by atoms with Crippen LogP contribution in [0.3, 0.4) is 0 Å². The number of azide groups is 1. The topological polar surface area (TPSA) is 333 Å². The lowest BCUT2D eigenvalue weighted by Crippen LogP contribution is -2.53. The fraction of sp³-hybridized carbons (Fsp3) is 0.644. The molecule has 0 amide bonds. The molecule has 2 heterocycles.